The number of esters is 1. The van der Waals surface area contributed by atoms with Crippen LogP contribution in [0.4, 0.5) is 0 Å². The van der Waals surface area contributed by atoms with Gasteiger partial charge in [0, 0.05) is 10.0 Å². The summed E-state index contributed by atoms with van der Waals surface area (Å²) in [6, 6.07) is 4.68. The quantitative estimate of drug-likeness (QED) is 0.443. The van der Waals surface area contributed by atoms with E-state index in [1.807, 2.05) is 20.8 Å². The molecule has 0 aliphatic heterocycles. The Kier molecular flexibility index (Phi) is 4.87. The van der Waals surface area contributed by atoms with Gasteiger partial charge in [-0.2, -0.15) is 0 Å². The molecule has 0 saturated carbocycles. The molecule has 5 heteroatoms. The number of halogens is 3. The highest BCUT2D eigenvalue weighted by Gasteiger charge is 2.30. The van der Waals surface area contributed by atoms with Gasteiger partial charge in [0.1, 0.15) is 10.6 Å². The molecule has 0 spiro atoms. The van der Waals surface area contributed by atoms with E-state index < -0.39 is 4.83 Å². The number of hydrogen-bond donors (Lipinski definition) is 0. The SMILES string of the molecule is CC(C)(C)C(Br)C(=O)Oc1cc(Cl)cc(Cl)c1. The van der Waals surface area contributed by atoms with E-state index in [-0.39, 0.29) is 11.4 Å². The van der Waals surface area contributed by atoms with Gasteiger partial charge >= 0.3 is 5.97 Å². The summed E-state index contributed by atoms with van der Waals surface area (Å²) in [7, 11) is 0. The summed E-state index contributed by atoms with van der Waals surface area (Å²) in [4.78, 5) is 11.4. The number of benzene rings is 1. The number of hydrogen-bond acceptors (Lipinski definition) is 2. The molecule has 1 rings (SSSR count). The number of rotatable bonds is 2. The Morgan fingerprint density at radius 1 is 1.24 bits per heavy atom. The zero-order chi connectivity index (χ0) is 13.2. The van der Waals surface area contributed by atoms with Gasteiger partial charge in [0.25, 0.3) is 0 Å². The lowest BCUT2D eigenvalue weighted by Crippen LogP contribution is -2.32. The summed E-state index contributed by atoms with van der Waals surface area (Å²) in [6.07, 6.45) is 0. The first-order valence-corrected chi connectivity index (χ1v) is 6.69. The minimum Gasteiger partial charge on any atom is -0.426 e. The second-order valence-electron chi connectivity index (χ2n) is 4.75. The van der Waals surface area contributed by atoms with Gasteiger partial charge < -0.3 is 4.74 Å². The smallest absolute Gasteiger partial charge is 0.325 e. The van der Waals surface area contributed by atoms with Gasteiger partial charge in [-0.3, -0.25) is 4.79 Å². The lowest BCUT2D eigenvalue weighted by Gasteiger charge is -2.23. The molecule has 1 aromatic rings. The number of ether oxygens (including phenoxy) is 1. The third-order valence-electron chi connectivity index (χ3n) is 2.02. The van der Waals surface area contributed by atoms with Crippen LogP contribution < -0.4 is 4.74 Å². The molecule has 17 heavy (non-hydrogen) atoms. The summed E-state index contributed by atoms with van der Waals surface area (Å²) >= 11 is 14.9. The molecule has 0 radical (unpaired) electrons. The molecule has 1 unspecified atom stereocenters. The van der Waals surface area contributed by atoms with Crippen molar-refractivity contribution in [3.63, 3.8) is 0 Å². The molecule has 0 amide bonds. The summed E-state index contributed by atoms with van der Waals surface area (Å²) in [5.41, 5.74) is -0.223. The molecule has 2 nitrogen and oxygen atoms in total. The average molecular weight is 340 g/mol. The fourth-order valence-corrected chi connectivity index (χ4v) is 1.71. The van der Waals surface area contributed by atoms with E-state index in [0.29, 0.717) is 15.8 Å². The van der Waals surface area contributed by atoms with Crippen molar-refractivity contribution in [1.82, 2.24) is 0 Å². The topological polar surface area (TPSA) is 26.3 Å². The van der Waals surface area contributed by atoms with E-state index in [1.54, 1.807) is 18.2 Å². The maximum absolute atomic E-state index is 11.8. The van der Waals surface area contributed by atoms with Gasteiger partial charge in [0.05, 0.1) is 0 Å². The lowest BCUT2D eigenvalue weighted by atomic mass is 9.92. The van der Waals surface area contributed by atoms with Crippen LogP contribution in [0, 0.1) is 5.41 Å². The highest BCUT2D eigenvalue weighted by Crippen LogP contribution is 2.29. The standard InChI is InChI=1S/C12H13BrCl2O2/c1-12(2,3)10(13)11(16)17-9-5-7(14)4-8(15)6-9/h4-6,10H,1-3H3. The molecule has 0 saturated heterocycles. The van der Waals surface area contributed by atoms with Crippen molar-refractivity contribution in [2.24, 2.45) is 5.41 Å². The number of alkyl halides is 1. The van der Waals surface area contributed by atoms with Gasteiger partial charge in [0.15, 0.2) is 0 Å². The van der Waals surface area contributed by atoms with Crippen LogP contribution in [0.5, 0.6) is 5.75 Å². The maximum atomic E-state index is 11.8. The van der Waals surface area contributed by atoms with Crippen LogP contribution in [-0.4, -0.2) is 10.8 Å². The van der Waals surface area contributed by atoms with Crippen LogP contribution in [0.15, 0.2) is 18.2 Å². The van der Waals surface area contributed by atoms with Crippen molar-refractivity contribution in [1.29, 1.82) is 0 Å². The Morgan fingerprint density at radius 2 is 1.71 bits per heavy atom. The minimum absolute atomic E-state index is 0.223. The molecule has 94 valence electrons. The molecule has 0 N–H and O–H groups in total. The molecule has 1 atom stereocenters. The predicted octanol–water partition coefficient (Wildman–Crippen LogP) is 4.71. The third kappa shape index (κ3) is 4.49. The van der Waals surface area contributed by atoms with Gasteiger partial charge in [-0.15, -0.1) is 0 Å². The third-order valence-corrected chi connectivity index (χ3v) is 4.21. The highest BCUT2D eigenvalue weighted by molar-refractivity contribution is 9.10. The molecule has 0 heterocycles. The van der Waals surface area contributed by atoms with Crippen molar-refractivity contribution in [2.75, 3.05) is 0 Å². The number of carbonyl (C=O) groups is 1. The van der Waals surface area contributed by atoms with Gasteiger partial charge in [-0.1, -0.05) is 59.9 Å². The first-order chi connectivity index (χ1) is 7.70. The van der Waals surface area contributed by atoms with Crippen LogP contribution in [0.1, 0.15) is 20.8 Å². The van der Waals surface area contributed by atoms with Crippen LogP contribution in [-0.2, 0) is 4.79 Å². The first-order valence-electron chi connectivity index (χ1n) is 5.02. The van der Waals surface area contributed by atoms with Crippen molar-refractivity contribution in [2.45, 2.75) is 25.6 Å². The van der Waals surface area contributed by atoms with Crippen molar-refractivity contribution in [3.8, 4) is 5.75 Å². The van der Waals surface area contributed by atoms with Crippen LogP contribution in [0.3, 0.4) is 0 Å². The molecule has 0 fully saturated rings. The van der Waals surface area contributed by atoms with Crippen LogP contribution in [0.25, 0.3) is 0 Å². The predicted molar refractivity (Wildman–Crippen MR) is 74.3 cm³/mol. The van der Waals surface area contributed by atoms with Crippen molar-refractivity contribution >= 4 is 45.1 Å². The zero-order valence-electron chi connectivity index (χ0n) is 9.76. The summed E-state index contributed by atoms with van der Waals surface area (Å²) in [5, 5.41) is 0.865. The zero-order valence-corrected chi connectivity index (χ0v) is 12.9. The van der Waals surface area contributed by atoms with E-state index in [4.69, 9.17) is 27.9 Å². The Labute approximate surface area is 119 Å². The Bertz CT molecular complexity index is 407. The lowest BCUT2D eigenvalue weighted by molar-refractivity contribution is -0.135. The van der Waals surface area contributed by atoms with Crippen LogP contribution >= 0.6 is 39.1 Å². The van der Waals surface area contributed by atoms with E-state index >= 15 is 0 Å². The van der Waals surface area contributed by atoms with E-state index in [0.717, 1.165) is 0 Å². The monoisotopic (exact) mass is 338 g/mol. The Hall–Kier alpha value is -0.250. The molecule has 0 aliphatic rings. The van der Waals surface area contributed by atoms with Gasteiger partial charge in [0.2, 0.25) is 0 Å². The Balaban J connectivity index is 2.81. The van der Waals surface area contributed by atoms with E-state index in [2.05, 4.69) is 15.9 Å². The average Bonchev–Trinajstić information content (AvgIpc) is 2.13. The molecular weight excluding hydrogens is 327 g/mol. The fourth-order valence-electron chi connectivity index (χ4n) is 1.11. The molecule has 1 aromatic carbocycles. The summed E-state index contributed by atoms with van der Waals surface area (Å²) < 4.78 is 5.21. The summed E-state index contributed by atoms with van der Waals surface area (Å²) in [6.45, 7) is 5.83. The normalized spacial score (nSPS) is 13.3. The van der Waals surface area contributed by atoms with Gasteiger partial charge in [-0.05, 0) is 23.6 Å². The van der Waals surface area contributed by atoms with Crippen LogP contribution in [0.2, 0.25) is 10.0 Å². The van der Waals surface area contributed by atoms with E-state index in [9.17, 15) is 4.79 Å². The summed E-state index contributed by atoms with van der Waals surface area (Å²) in [5.74, 6) is -0.0166. The second-order valence-corrected chi connectivity index (χ2v) is 6.54. The molecule has 0 bridgehead atoms. The van der Waals surface area contributed by atoms with Crippen molar-refractivity contribution < 1.29 is 9.53 Å². The van der Waals surface area contributed by atoms with E-state index in [1.165, 1.54) is 0 Å². The van der Waals surface area contributed by atoms with Crippen molar-refractivity contribution in [3.05, 3.63) is 28.2 Å². The Morgan fingerprint density at radius 3 is 2.12 bits per heavy atom. The van der Waals surface area contributed by atoms with Gasteiger partial charge in [-0.25, -0.2) is 0 Å². The molecule has 0 aliphatic carbocycles. The number of carbonyl (C=O) groups excluding carboxylic acids is 1. The molecule has 0 aromatic heterocycles. The second kappa shape index (κ2) is 5.59. The maximum Gasteiger partial charge on any atom is 0.325 e. The first kappa shape index (κ1) is 14.8. The fraction of sp³-hybridized carbons (Fsp3) is 0.417. The largest absolute Gasteiger partial charge is 0.426 e. The highest BCUT2D eigenvalue weighted by atomic mass is 79.9. The molecular formula is C12H13BrCl2O2. The minimum atomic E-state index is -0.396.